The maximum absolute atomic E-state index is 11.9. The summed E-state index contributed by atoms with van der Waals surface area (Å²) in [4.78, 5) is 17.3. The van der Waals surface area contributed by atoms with Crippen LogP contribution in [0.25, 0.3) is 0 Å². The number of nitrogens with zero attached hydrogens (tertiary/aromatic N) is 2. The number of rotatable bonds is 2. The fraction of sp³-hybridized carbons (Fsp3) is 0.0769. The molecule has 1 aromatic heterocycles. The highest BCUT2D eigenvalue weighted by Gasteiger charge is 2.20. The molecule has 0 spiro atoms. The molecule has 0 saturated carbocycles. The van der Waals surface area contributed by atoms with Crippen molar-refractivity contribution in [3.8, 4) is 0 Å². The molecule has 0 bridgehead atoms. The van der Waals surface area contributed by atoms with E-state index < -0.39 is 0 Å². The van der Waals surface area contributed by atoms with Crippen molar-refractivity contribution in [2.45, 2.75) is 6.92 Å². The van der Waals surface area contributed by atoms with Gasteiger partial charge in [-0.05, 0) is 24.3 Å². The number of hydrogen-bond donors (Lipinski definition) is 1. The van der Waals surface area contributed by atoms with Crippen LogP contribution in [0.2, 0.25) is 10.0 Å². The lowest BCUT2D eigenvalue weighted by atomic mass is 10.2. The third kappa shape index (κ3) is 2.80. The summed E-state index contributed by atoms with van der Waals surface area (Å²) in [5, 5.41) is 0.619. The fourth-order valence-corrected chi connectivity index (χ4v) is 2.43. The molecule has 6 heteroatoms. The smallest absolute Gasteiger partial charge is 0.228 e. The number of hydrogen-bond acceptors (Lipinski definition) is 3. The van der Waals surface area contributed by atoms with Gasteiger partial charge in [-0.3, -0.25) is 14.7 Å². The first-order valence-corrected chi connectivity index (χ1v) is 6.21. The van der Waals surface area contributed by atoms with Crippen LogP contribution < -0.4 is 10.6 Å². The Hall–Kier alpha value is -1.78. The molecule has 0 unspecified atom stereocenters. The Morgan fingerprint density at radius 2 is 1.95 bits per heavy atom. The number of aromatic nitrogens is 1. The van der Waals surface area contributed by atoms with Gasteiger partial charge in [0.2, 0.25) is 5.91 Å². The van der Waals surface area contributed by atoms with E-state index in [1.54, 1.807) is 36.7 Å². The zero-order chi connectivity index (χ0) is 14.0. The van der Waals surface area contributed by atoms with E-state index in [1.807, 2.05) is 0 Å². The van der Waals surface area contributed by atoms with Crippen LogP contribution in [0, 0.1) is 0 Å². The predicted molar refractivity (Wildman–Crippen MR) is 77.9 cm³/mol. The molecule has 1 amide bonds. The van der Waals surface area contributed by atoms with E-state index in [4.69, 9.17) is 28.9 Å². The van der Waals surface area contributed by atoms with E-state index in [0.717, 1.165) is 0 Å². The molecule has 2 aromatic rings. The number of carbonyl (C=O) groups excluding carboxylic acids is 1. The topological polar surface area (TPSA) is 59.2 Å². The molecule has 19 heavy (non-hydrogen) atoms. The summed E-state index contributed by atoms with van der Waals surface area (Å²) in [7, 11) is 0. The molecule has 0 aliphatic rings. The molecule has 1 heterocycles. The van der Waals surface area contributed by atoms with Crippen LogP contribution in [-0.2, 0) is 4.79 Å². The second kappa shape index (κ2) is 5.47. The van der Waals surface area contributed by atoms with E-state index in [9.17, 15) is 4.79 Å². The van der Waals surface area contributed by atoms with Crippen molar-refractivity contribution < 1.29 is 4.79 Å². The van der Waals surface area contributed by atoms with Crippen molar-refractivity contribution in [1.82, 2.24) is 4.98 Å². The molecule has 0 atom stereocenters. The molecule has 0 aliphatic heterocycles. The molecule has 1 aromatic carbocycles. The zero-order valence-corrected chi connectivity index (χ0v) is 11.6. The minimum absolute atomic E-state index is 0.221. The minimum atomic E-state index is -0.221. The molecule has 0 fully saturated rings. The summed E-state index contributed by atoms with van der Waals surface area (Å²) in [6, 6.07) is 6.58. The average Bonchev–Trinajstić information content (AvgIpc) is 2.34. The summed E-state index contributed by atoms with van der Waals surface area (Å²) >= 11 is 12.3. The number of pyridine rings is 1. The van der Waals surface area contributed by atoms with Gasteiger partial charge in [0.25, 0.3) is 0 Å². The van der Waals surface area contributed by atoms with Gasteiger partial charge in [-0.25, -0.2) is 0 Å². The van der Waals surface area contributed by atoms with Crippen LogP contribution in [0.1, 0.15) is 6.92 Å². The number of amides is 1. The van der Waals surface area contributed by atoms with Crippen LogP contribution in [0.4, 0.5) is 17.1 Å². The van der Waals surface area contributed by atoms with Crippen LogP contribution in [0.15, 0.2) is 36.7 Å². The van der Waals surface area contributed by atoms with E-state index in [0.29, 0.717) is 27.1 Å². The van der Waals surface area contributed by atoms with Crippen molar-refractivity contribution in [3.63, 3.8) is 0 Å². The number of halogens is 2. The number of nitrogens with two attached hydrogens (primary N) is 1. The van der Waals surface area contributed by atoms with Crippen LogP contribution >= 0.6 is 23.2 Å². The summed E-state index contributed by atoms with van der Waals surface area (Å²) in [6.07, 6.45) is 3.18. The largest absolute Gasteiger partial charge is 0.399 e. The molecular weight excluding hydrogens is 285 g/mol. The molecular formula is C13H11Cl2N3O. The summed E-state index contributed by atoms with van der Waals surface area (Å²) in [5.41, 5.74) is 7.08. The van der Waals surface area contributed by atoms with Gasteiger partial charge in [-0.15, -0.1) is 0 Å². The highest BCUT2D eigenvalue weighted by atomic mass is 35.5. The van der Waals surface area contributed by atoms with Crippen molar-refractivity contribution in [2.24, 2.45) is 0 Å². The van der Waals surface area contributed by atoms with Crippen molar-refractivity contribution >= 4 is 46.2 Å². The lowest BCUT2D eigenvalue weighted by Crippen LogP contribution is -2.23. The van der Waals surface area contributed by atoms with Crippen molar-refractivity contribution in [2.75, 3.05) is 10.6 Å². The lowest BCUT2D eigenvalue weighted by molar-refractivity contribution is -0.115. The Labute approximate surface area is 120 Å². The second-order valence-corrected chi connectivity index (χ2v) is 4.71. The van der Waals surface area contributed by atoms with Crippen LogP contribution in [0.3, 0.4) is 0 Å². The Morgan fingerprint density at radius 3 is 2.42 bits per heavy atom. The molecule has 0 saturated heterocycles. The van der Waals surface area contributed by atoms with Crippen LogP contribution in [-0.4, -0.2) is 10.9 Å². The minimum Gasteiger partial charge on any atom is -0.399 e. The third-order valence-corrected chi connectivity index (χ3v) is 3.06. The maximum atomic E-state index is 11.9. The van der Waals surface area contributed by atoms with Gasteiger partial charge < -0.3 is 5.73 Å². The highest BCUT2D eigenvalue weighted by molar-refractivity contribution is 6.40. The summed E-state index contributed by atoms with van der Waals surface area (Å²) in [5.74, 6) is -0.221. The quantitative estimate of drug-likeness (QED) is 0.860. The standard InChI is InChI=1S/C13H11Cl2N3O/c1-8(19)18(10-3-2-4-17-7-10)13-11(14)5-9(16)6-12(13)15/h2-7H,16H2,1H3. The number of benzene rings is 1. The van der Waals surface area contributed by atoms with Gasteiger partial charge in [-0.2, -0.15) is 0 Å². The normalized spacial score (nSPS) is 10.3. The second-order valence-electron chi connectivity index (χ2n) is 3.90. The van der Waals surface area contributed by atoms with Crippen molar-refractivity contribution in [1.29, 1.82) is 0 Å². The molecule has 98 valence electrons. The van der Waals surface area contributed by atoms with E-state index in [1.165, 1.54) is 11.8 Å². The predicted octanol–water partition coefficient (Wildman–Crippen LogP) is 3.66. The SMILES string of the molecule is CC(=O)N(c1cccnc1)c1c(Cl)cc(N)cc1Cl. The van der Waals surface area contributed by atoms with Crippen molar-refractivity contribution in [3.05, 3.63) is 46.7 Å². The van der Waals surface area contributed by atoms with E-state index in [-0.39, 0.29) is 5.91 Å². The zero-order valence-electron chi connectivity index (χ0n) is 10.1. The van der Waals surface area contributed by atoms with Gasteiger partial charge in [0.05, 0.1) is 27.6 Å². The monoisotopic (exact) mass is 295 g/mol. The molecule has 2 rings (SSSR count). The van der Waals surface area contributed by atoms with Gasteiger partial charge >= 0.3 is 0 Å². The average molecular weight is 296 g/mol. The Bertz CT molecular complexity index is 594. The Morgan fingerprint density at radius 1 is 1.32 bits per heavy atom. The first-order valence-electron chi connectivity index (χ1n) is 5.46. The van der Waals surface area contributed by atoms with E-state index >= 15 is 0 Å². The summed E-state index contributed by atoms with van der Waals surface area (Å²) < 4.78 is 0. The molecule has 2 N–H and O–H groups in total. The first-order chi connectivity index (χ1) is 9.00. The van der Waals surface area contributed by atoms with Gasteiger partial charge in [0.15, 0.2) is 0 Å². The Balaban J connectivity index is 2.62. The molecule has 0 radical (unpaired) electrons. The maximum Gasteiger partial charge on any atom is 0.228 e. The number of nitrogen functional groups attached to an aromatic ring is 1. The van der Waals surface area contributed by atoms with Gasteiger partial charge in [0.1, 0.15) is 0 Å². The number of anilines is 3. The van der Waals surface area contributed by atoms with Gasteiger partial charge in [0, 0.05) is 18.8 Å². The first kappa shape index (κ1) is 13.6. The van der Waals surface area contributed by atoms with E-state index in [2.05, 4.69) is 4.98 Å². The third-order valence-electron chi connectivity index (χ3n) is 2.48. The lowest BCUT2D eigenvalue weighted by Gasteiger charge is -2.23. The van der Waals surface area contributed by atoms with Crippen LogP contribution in [0.5, 0.6) is 0 Å². The Kier molecular flexibility index (Phi) is 3.93. The number of carbonyl (C=O) groups is 1. The highest BCUT2D eigenvalue weighted by Crippen LogP contribution is 2.39. The molecule has 0 aliphatic carbocycles. The summed E-state index contributed by atoms with van der Waals surface area (Å²) in [6.45, 7) is 1.43. The molecule has 4 nitrogen and oxygen atoms in total. The van der Waals surface area contributed by atoms with Gasteiger partial charge in [-0.1, -0.05) is 23.2 Å². The fourth-order valence-electron chi connectivity index (χ4n) is 1.75.